The van der Waals surface area contributed by atoms with Gasteiger partial charge < -0.3 is 10.2 Å². The number of oxazole rings is 1. The molecule has 0 aliphatic carbocycles. The van der Waals surface area contributed by atoms with Crippen LogP contribution in [0.5, 0.6) is 0 Å². The molecule has 0 saturated carbocycles. The van der Waals surface area contributed by atoms with Gasteiger partial charge in [0, 0.05) is 12.1 Å². The predicted molar refractivity (Wildman–Crippen MR) is 69.9 cm³/mol. The molecule has 2 rings (SSSR count). The van der Waals surface area contributed by atoms with E-state index in [2.05, 4.69) is 4.98 Å². The van der Waals surface area contributed by atoms with Crippen molar-refractivity contribution in [2.24, 2.45) is 0 Å². The van der Waals surface area contributed by atoms with Crippen LogP contribution in [0.25, 0.3) is 11.1 Å². The van der Waals surface area contributed by atoms with Crippen LogP contribution in [0.4, 0.5) is 5.69 Å². The third-order valence-corrected chi connectivity index (χ3v) is 4.14. The molecular formula is C12H13N3O3S. The largest absolute Gasteiger partial charge is 0.428 e. The zero-order chi connectivity index (χ0) is 13.9. The number of nitrogens with zero attached hydrogens (tertiary/aromatic N) is 2. The van der Waals surface area contributed by atoms with Crippen molar-refractivity contribution in [2.75, 3.05) is 11.5 Å². The monoisotopic (exact) mass is 279 g/mol. The molecule has 0 aliphatic heterocycles. The van der Waals surface area contributed by atoms with Crippen LogP contribution in [0.15, 0.2) is 27.8 Å². The minimum Gasteiger partial charge on any atom is -0.428 e. The number of unbranched alkanes of at least 4 members (excludes halogenated alkanes) is 2. The normalized spacial score (nSPS) is 11.5. The van der Waals surface area contributed by atoms with E-state index in [1.807, 2.05) is 6.07 Å². The Balaban J connectivity index is 2.21. The first-order valence-corrected chi connectivity index (χ1v) is 7.44. The predicted octanol–water partition coefficient (Wildman–Crippen LogP) is 1.88. The van der Waals surface area contributed by atoms with Crippen LogP contribution in [0, 0.1) is 11.3 Å². The minimum absolute atomic E-state index is 0.0724. The number of anilines is 1. The van der Waals surface area contributed by atoms with Crippen LogP contribution in [-0.2, 0) is 9.84 Å². The minimum atomic E-state index is -3.54. The lowest BCUT2D eigenvalue weighted by Gasteiger charge is -1.97. The van der Waals surface area contributed by atoms with E-state index in [4.69, 9.17) is 15.4 Å². The second kappa shape index (κ2) is 5.28. The van der Waals surface area contributed by atoms with Crippen LogP contribution < -0.4 is 5.73 Å². The van der Waals surface area contributed by atoms with Crippen LogP contribution >= 0.6 is 0 Å². The molecule has 0 radical (unpaired) electrons. The van der Waals surface area contributed by atoms with Crippen molar-refractivity contribution in [1.29, 1.82) is 5.26 Å². The number of nitriles is 1. The Hall–Kier alpha value is -2.07. The van der Waals surface area contributed by atoms with Crippen LogP contribution in [-0.4, -0.2) is 19.2 Å². The van der Waals surface area contributed by atoms with E-state index in [9.17, 15) is 8.42 Å². The molecule has 0 atom stereocenters. The van der Waals surface area contributed by atoms with Crippen molar-refractivity contribution in [3.8, 4) is 6.07 Å². The Morgan fingerprint density at radius 1 is 1.37 bits per heavy atom. The van der Waals surface area contributed by atoms with Gasteiger partial charge in [0.2, 0.25) is 9.84 Å². The number of hydrogen-bond donors (Lipinski definition) is 1. The quantitative estimate of drug-likeness (QED) is 0.660. The fourth-order valence-electron chi connectivity index (χ4n) is 1.64. The van der Waals surface area contributed by atoms with Crippen molar-refractivity contribution in [2.45, 2.75) is 24.5 Å². The highest BCUT2D eigenvalue weighted by atomic mass is 32.2. The molecule has 7 heteroatoms. The lowest BCUT2D eigenvalue weighted by molar-refractivity contribution is 0.457. The molecule has 0 spiro atoms. The van der Waals surface area contributed by atoms with Crippen molar-refractivity contribution in [1.82, 2.24) is 4.98 Å². The Labute approximate surface area is 110 Å². The van der Waals surface area contributed by atoms with Gasteiger partial charge in [-0.3, -0.25) is 0 Å². The molecule has 0 unspecified atom stereocenters. The average molecular weight is 279 g/mol. The first kappa shape index (κ1) is 13.4. The summed E-state index contributed by atoms with van der Waals surface area (Å²) in [7, 11) is -3.54. The molecule has 1 heterocycles. The van der Waals surface area contributed by atoms with Gasteiger partial charge in [-0.2, -0.15) is 10.2 Å². The van der Waals surface area contributed by atoms with E-state index in [1.54, 1.807) is 18.2 Å². The maximum atomic E-state index is 12.0. The molecule has 0 aliphatic rings. The third-order valence-electron chi connectivity index (χ3n) is 2.61. The zero-order valence-electron chi connectivity index (χ0n) is 10.2. The molecule has 19 heavy (non-hydrogen) atoms. The summed E-state index contributed by atoms with van der Waals surface area (Å²) in [5, 5.41) is 8.10. The molecule has 0 fully saturated rings. The maximum Gasteiger partial charge on any atom is 0.316 e. The van der Waals surface area contributed by atoms with Gasteiger partial charge in [-0.1, -0.05) is 0 Å². The lowest BCUT2D eigenvalue weighted by Crippen LogP contribution is -2.07. The van der Waals surface area contributed by atoms with Gasteiger partial charge in [-0.25, -0.2) is 8.42 Å². The molecule has 6 nitrogen and oxygen atoms in total. The SMILES string of the molecule is N#CCCCCS(=O)(=O)c1nc2cc(N)ccc2o1. The topological polar surface area (TPSA) is 110 Å². The summed E-state index contributed by atoms with van der Waals surface area (Å²) in [5.41, 5.74) is 6.91. The lowest BCUT2D eigenvalue weighted by atomic mass is 10.3. The van der Waals surface area contributed by atoms with Crippen molar-refractivity contribution >= 4 is 26.6 Å². The summed E-state index contributed by atoms with van der Waals surface area (Å²) in [6.45, 7) is 0. The highest BCUT2D eigenvalue weighted by Crippen LogP contribution is 2.22. The second-order valence-corrected chi connectivity index (χ2v) is 6.13. The summed E-state index contributed by atoms with van der Waals surface area (Å²) in [4.78, 5) is 3.94. The van der Waals surface area contributed by atoms with Crippen molar-refractivity contribution < 1.29 is 12.8 Å². The Morgan fingerprint density at radius 2 is 2.16 bits per heavy atom. The average Bonchev–Trinajstić information content (AvgIpc) is 2.78. The number of nitrogens with two attached hydrogens (primary N) is 1. The summed E-state index contributed by atoms with van der Waals surface area (Å²) in [5.74, 6) is -0.0724. The first-order valence-electron chi connectivity index (χ1n) is 5.79. The smallest absolute Gasteiger partial charge is 0.316 e. The molecule has 0 bridgehead atoms. The van der Waals surface area contributed by atoms with Crippen LogP contribution in [0.3, 0.4) is 0 Å². The molecule has 0 amide bonds. The molecular weight excluding hydrogens is 266 g/mol. The van der Waals surface area contributed by atoms with Gasteiger partial charge in [0.15, 0.2) is 5.58 Å². The highest BCUT2D eigenvalue weighted by molar-refractivity contribution is 7.91. The number of nitrogen functional groups attached to an aromatic ring is 1. The Kier molecular flexibility index (Phi) is 3.71. The Morgan fingerprint density at radius 3 is 2.89 bits per heavy atom. The molecule has 2 aromatic rings. The van der Waals surface area contributed by atoms with E-state index < -0.39 is 9.84 Å². The maximum absolute atomic E-state index is 12.0. The summed E-state index contributed by atoms with van der Waals surface area (Å²) < 4.78 is 29.2. The number of hydrogen-bond acceptors (Lipinski definition) is 6. The van der Waals surface area contributed by atoms with E-state index in [0.29, 0.717) is 36.0 Å². The van der Waals surface area contributed by atoms with Gasteiger partial charge in [0.1, 0.15) is 5.52 Å². The number of rotatable bonds is 5. The number of benzene rings is 1. The van der Waals surface area contributed by atoms with Crippen LogP contribution in [0.1, 0.15) is 19.3 Å². The zero-order valence-corrected chi connectivity index (χ0v) is 11.0. The second-order valence-electron chi connectivity index (χ2n) is 4.14. The van der Waals surface area contributed by atoms with Gasteiger partial charge in [-0.15, -0.1) is 0 Å². The fourth-order valence-corrected chi connectivity index (χ4v) is 2.85. The highest BCUT2D eigenvalue weighted by Gasteiger charge is 2.21. The fraction of sp³-hybridized carbons (Fsp3) is 0.333. The number of fused-ring (bicyclic) bond motifs is 1. The standard InChI is InChI=1S/C12H13N3O3S/c13-6-2-1-3-7-19(16,17)12-15-10-8-9(14)4-5-11(10)18-12/h4-5,8H,1-3,7,14H2. The third kappa shape index (κ3) is 3.03. The molecule has 1 aromatic heterocycles. The summed E-state index contributed by atoms with van der Waals surface area (Å²) >= 11 is 0. The van der Waals surface area contributed by atoms with Crippen LogP contribution in [0.2, 0.25) is 0 Å². The van der Waals surface area contributed by atoms with E-state index >= 15 is 0 Å². The van der Waals surface area contributed by atoms with Gasteiger partial charge >= 0.3 is 5.22 Å². The molecule has 1 aromatic carbocycles. The summed E-state index contributed by atoms with van der Waals surface area (Å²) in [6.07, 6.45) is 1.30. The first-order chi connectivity index (χ1) is 9.03. The molecule has 100 valence electrons. The number of aromatic nitrogens is 1. The van der Waals surface area contributed by atoms with E-state index in [0.717, 1.165) is 0 Å². The van der Waals surface area contributed by atoms with E-state index in [-0.39, 0.29) is 11.0 Å². The summed E-state index contributed by atoms with van der Waals surface area (Å²) in [6, 6.07) is 6.75. The molecule has 2 N–H and O–H groups in total. The number of sulfone groups is 1. The van der Waals surface area contributed by atoms with E-state index in [1.165, 1.54) is 0 Å². The van der Waals surface area contributed by atoms with Gasteiger partial charge in [0.25, 0.3) is 0 Å². The Bertz CT molecular complexity index is 728. The van der Waals surface area contributed by atoms with Crippen molar-refractivity contribution in [3.63, 3.8) is 0 Å². The van der Waals surface area contributed by atoms with Gasteiger partial charge in [-0.05, 0) is 31.0 Å². The van der Waals surface area contributed by atoms with Gasteiger partial charge in [0.05, 0.1) is 11.8 Å². The van der Waals surface area contributed by atoms with Crippen molar-refractivity contribution in [3.05, 3.63) is 18.2 Å². The molecule has 0 saturated heterocycles.